The van der Waals surface area contributed by atoms with Crippen molar-refractivity contribution in [2.45, 2.75) is 362 Å². The minimum absolute atomic E-state index is 0.0627. The average Bonchev–Trinajstić information content (AvgIpc) is 3.34. The van der Waals surface area contributed by atoms with Crippen molar-refractivity contribution in [1.29, 1.82) is 0 Å². The molecule has 0 rings (SSSR count). The third-order valence-corrected chi connectivity index (χ3v) is 14.8. The molecule has 0 radical (unpaired) electrons. The summed E-state index contributed by atoms with van der Waals surface area (Å²) in [6, 6.07) is 0. The minimum atomic E-state index is -0.764. The molecule has 0 amide bonds. The fraction of sp³-hybridized carbons (Fsp3) is 0.952. The smallest absolute Gasteiger partial charge is 0.306 e. The van der Waals surface area contributed by atoms with Gasteiger partial charge >= 0.3 is 17.9 Å². The summed E-state index contributed by atoms with van der Waals surface area (Å²) >= 11 is 0. The predicted octanol–water partition coefficient (Wildman–Crippen LogP) is 20.8. The Morgan fingerprint density at radius 2 is 0.551 bits per heavy atom. The molecule has 410 valence electrons. The Hall–Kier alpha value is -1.59. The lowest BCUT2D eigenvalue weighted by molar-refractivity contribution is -0.167. The first kappa shape index (κ1) is 67.4. The van der Waals surface area contributed by atoms with Gasteiger partial charge in [0.25, 0.3) is 0 Å². The van der Waals surface area contributed by atoms with Gasteiger partial charge in [-0.25, -0.2) is 0 Å². The number of hydrogen-bond donors (Lipinski definition) is 0. The van der Waals surface area contributed by atoms with Gasteiger partial charge in [0.05, 0.1) is 0 Å². The quantitative estimate of drug-likeness (QED) is 0.0343. The summed E-state index contributed by atoms with van der Waals surface area (Å²) in [5.41, 5.74) is 0. The summed E-state index contributed by atoms with van der Waals surface area (Å²) in [5.74, 6) is 0.867. The van der Waals surface area contributed by atoms with Crippen molar-refractivity contribution in [3.8, 4) is 0 Å². The Morgan fingerprint density at radius 1 is 0.304 bits per heavy atom. The number of esters is 3. The van der Waals surface area contributed by atoms with Crippen molar-refractivity contribution in [3.63, 3.8) is 0 Å². The first-order chi connectivity index (χ1) is 33.8. The second-order valence-electron chi connectivity index (χ2n) is 22.4. The zero-order valence-electron chi connectivity index (χ0n) is 47.5. The fourth-order valence-corrected chi connectivity index (χ4v) is 9.73. The van der Waals surface area contributed by atoms with Crippen LogP contribution in [0.1, 0.15) is 356 Å². The molecular weight excluding hydrogens is 853 g/mol. The van der Waals surface area contributed by atoms with Crippen LogP contribution in [-0.2, 0) is 28.6 Å². The molecule has 2 atom stereocenters. The van der Waals surface area contributed by atoms with Gasteiger partial charge < -0.3 is 14.2 Å². The highest BCUT2D eigenvalue weighted by atomic mass is 16.6. The lowest BCUT2D eigenvalue weighted by atomic mass is 9.99. The lowest BCUT2D eigenvalue weighted by Crippen LogP contribution is -2.30. The predicted molar refractivity (Wildman–Crippen MR) is 298 cm³/mol. The van der Waals surface area contributed by atoms with Crippen molar-refractivity contribution in [2.75, 3.05) is 13.2 Å². The molecule has 6 nitrogen and oxygen atoms in total. The highest BCUT2D eigenvalue weighted by Crippen LogP contribution is 2.19. The van der Waals surface area contributed by atoms with Crippen LogP contribution in [0.15, 0.2) is 0 Å². The molecule has 0 N–H and O–H groups in total. The van der Waals surface area contributed by atoms with Gasteiger partial charge in [-0.05, 0) is 31.1 Å². The van der Waals surface area contributed by atoms with Crippen LogP contribution < -0.4 is 0 Å². The maximum Gasteiger partial charge on any atom is 0.306 e. The standard InChI is InChI=1S/C63H122O6/c1-6-8-9-10-11-12-13-14-15-16-20-23-26-29-32-38-43-48-53-61(64)67-56-60(69-63(66)55-50-45-40-35-34-37-42-47-52-59(5)7-2)57-68-62(65)54-49-44-39-33-30-27-24-21-18-17-19-22-25-28-31-36-41-46-51-58(3)4/h58-60H,6-57H2,1-5H3/t59?,60-/m1/s1. The number of unbranched alkanes of at least 4 members (excludes halogenated alkanes) is 41. The summed E-state index contributed by atoms with van der Waals surface area (Å²) in [7, 11) is 0. The van der Waals surface area contributed by atoms with Crippen molar-refractivity contribution in [3.05, 3.63) is 0 Å². The normalized spacial score (nSPS) is 12.4. The van der Waals surface area contributed by atoms with Gasteiger partial charge in [0, 0.05) is 19.3 Å². The molecule has 1 unspecified atom stereocenters. The molecule has 0 aromatic heterocycles. The van der Waals surface area contributed by atoms with Gasteiger partial charge in [0.15, 0.2) is 6.10 Å². The topological polar surface area (TPSA) is 78.9 Å². The van der Waals surface area contributed by atoms with E-state index in [1.165, 1.54) is 244 Å². The maximum absolute atomic E-state index is 12.9. The second kappa shape index (κ2) is 55.7. The molecule has 69 heavy (non-hydrogen) atoms. The third kappa shape index (κ3) is 55.6. The summed E-state index contributed by atoms with van der Waals surface area (Å²) in [6.07, 6.45) is 61.0. The lowest BCUT2D eigenvalue weighted by Gasteiger charge is -2.18. The minimum Gasteiger partial charge on any atom is -0.462 e. The fourth-order valence-electron chi connectivity index (χ4n) is 9.73. The molecule has 0 aromatic rings. The first-order valence-corrected chi connectivity index (χ1v) is 31.3. The van der Waals surface area contributed by atoms with Gasteiger partial charge in [-0.3, -0.25) is 14.4 Å². The van der Waals surface area contributed by atoms with Crippen LogP contribution in [0.2, 0.25) is 0 Å². The Bertz CT molecular complexity index is 1060. The molecule has 0 saturated heterocycles. The highest BCUT2D eigenvalue weighted by molar-refractivity contribution is 5.71. The Balaban J connectivity index is 4.22. The van der Waals surface area contributed by atoms with E-state index in [0.717, 1.165) is 69.6 Å². The number of ether oxygens (including phenoxy) is 3. The molecule has 6 heteroatoms. The van der Waals surface area contributed by atoms with E-state index in [-0.39, 0.29) is 31.1 Å². The average molecular weight is 976 g/mol. The van der Waals surface area contributed by atoms with Crippen LogP contribution in [0.3, 0.4) is 0 Å². The van der Waals surface area contributed by atoms with Gasteiger partial charge in [0.2, 0.25) is 0 Å². The molecule has 0 fully saturated rings. The Kier molecular flexibility index (Phi) is 54.4. The second-order valence-corrected chi connectivity index (χ2v) is 22.4. The van der Waals surface area contributed by atoms with E-state index < -0.39 is 6.10 Å². The van der Waals surface area contributed by atoms with Crippen LogP contribution in [0.4, 0.5) is 0 Å². The molecule has 0 spiro atoms. The van der Waals surface area contributed by atoms with Crippen LogP contribution in [0, 0.1) is 11.8 Å². The molecule has 0 aromatic carbocycles. The van der Waals surface area contributed by atoms with Gasteiger partial charge in [0.1, 0.15) is 13.2 Å². The number of hydrogen-bond acceptors (Lipinski definition) is 6. The van der Waals surface area contributed by atoms with E-state index >= 15 is 0 Å². The van der Waals surface area contributed by atoms with E-state index in [9.17, 15) is 14.4 Å². The van der Waals surface area contributed by atoms with Crippen molar-refractivity contribution in [1.82, 2.24) is 0 Å². The molecular formula is C63H122O6. The van der Waals surface area contributed by atoms with E-state index in [1.807, 2.05) is 0 Å². The first-order valence-electron chi connectivity index (χ1n) is 31.3. The Labute approximate surface area is 431 Å². The van der Waals surface area contributed by atoms with Gasteiger partial charge in [-0.15, -0.1) is 0 Å². The zero-order chi connectivity index (χ0) is 50.4. The maximum atomic E-state index is 12.9. The van der Waals surface area contributed by atoms with Crippen molar-refractivity contribution < 1.29 is 28.6 Å². The zero-order valence-corrected chi connectivity index (χ0v) is 47.5. The van der Waals surface area contributed by atoms with Gasteiger partial charge in [-0.1, -0.05) is 317 Å². The van der Waals surface area contributed by atoms with Crippen LogP contribution in [0.25, 0.3) is 0 Å². The number of carbonyl (C=O) groups is 3. The van der Waals surface area contributed by atoms with E-state index in [0.29, 0.717) is 19.3 Å². The third-order valence-electron chi connectivity index (χ3n) is 14.8. The molecule has 0 bridgehead atoms. The monoisotopic (exact) mass is 975 g/mol. The summed E-state index contributed by atoms with van der Waals surface area (Å²) in [6.45, 7) is 11.4. The summed E-state index contributed by atoms with van der Waals surface area (Å²) < 4.78 is 16.9. The highest BCUT2D eigenvalue weighted by Gasteiger charge is 2.19. The largest absolute Gasteiger partial charge is 0.462 e. The van der Waals surface area contributed by atoms with Crippen LogP contribution in [-0.4, -0.2) is 37.2 Å². The van der Waals surface area contributed by atoms with Gasteiger partial charge in [-0.2, -0.15) is 0 Å². The Morgan fingerprint density at radius 3 is 0.826 bits per heavy atom. The summed E-state index contributed by atoms with van der Waals surface area (Å²) in [4.78, 5) is 38.2. The number of carbonyl (C=O) groups excluding carboxylic acids is 3. The molecule has 0 aliphatic rings. The number of rotatable bonds is 57. The van der Waals surface area contributed by atoms with E-state index in [1.54, 1.807) is 0 Å². The van der Waals surface area contributed by atoms with Crippen LogP contribution >= 0.6 is 0 Å². The molecule has 0 aliphatic heterocycles. The summed E-state index contributed by atoms with van der Waals surface area (Å²) in [5, 5.41) is 0. The SMILES string of the molecule is CCCCCCCCCCCCCCCCCCCCC(=O)OC[C@H](COC(=O)CCCCCCCCCCCCCCCCCCCCC(C)C)OC(=O)CCCCCCCCCCC(C)CC. The molecule has 0 aliphatic carbocycles. The van der Waals surface area contributed by atoms with Crippen LogP contribution in [0.5, 0.6) is 0 Å². The van der Waals surface area contributed by atoms with Crippen molar-refractivity contribution in [2.24, 2.45) is 11.8 Å². The molecule has 0 saturated carbocycles. The van der Waals surface area contributed by atoms with E-state index in [4.69, 9.17) is 14.2 Å². The van der Waals surface area contributed by atoms with E-state index in [2.05, 4.69) is 34.6 Å². The molecule has 0 heterocycles. The van der Waals surface area contributed by atoms with Crippen molar-refractivity contribution >= 4 is 17.9 Å².